The molecule has 0 aliphatic carbocycles. The summed E-state index contributed by atoms with van der Waals surface area (Å²) < 4.78 is 30.6. The number of aliphatic imine (C=N–C) groups is 1. The molecule has 13 nitrogen and oxygen atoms in total. The Morgan fingerprint density at radius 2 is 0.850 bits per heavy atom. The second kappa shape index (κ2) is 28.5. The maximum atomic E-state index is 11.5. The van der Waals surface area contributed by atoms with E-state index in [0.29, 0.717) is 48.9 Å². The second-order valence-corrected chi connectivity index (χ2v) is 12.9. The van der Waals surface area contributed by atoms with Crippen molar-refractivity contribution in [3.8, 4) is 11.5 Å². The van der Waals surface area contributed by atoms with Gasteiger partial charge >= 0.3 is 23.9 Å². The number of unbranched alkanes of at least 4 members (excludes halogenated alkanes) is 6. The van der Waals surface area contributed by atoms with Crippen LogP contribution < -0.4 is 9.47 Å². The van der Waals surface area contributed by atoms with Gasteiger partial charge in [-0.1, -0.05) is 38.8 Å². The molecule has 0 aromatic heterocycles. The Hall–Kier alpha value is -6.89. The smallest absolute Gasteiger partial charge is 0.337 e. The summed E-state index contributed by atoms with van der Waals surface area (Å²) in [6, 6.07) is 28.6. The summed E-state index contributed by atoms with van der Waals surface area (Å²) >= 11 is 0. The lowest BCUT2D eigenvalue weighted by atomic mass is 10.1. The molecule has 13 heteroatoms. The van der Waals surface area contributed by atoms with Crippen molar-refractivity contribution in [1.82, 2.24) is 0 Å². The number of carbonyl (C=O) groups excluding carboxylic acids is 4. The minimum atomic E-state index is -0.412. The van der Waals surface area contributed by atoms with Crippen LogP contribution in [-0.2, 0) is 28.5 Å². The van der Waals surface area contributed by atoms with Crippen LogP contribution in [0.15, 0.2) is 138 Å². The summed E-state index contributed by atoms with van der Waals surface area (Å²) in [4.78, 5) is 49.1. The Balaban J connectivity index is 0.000000323. The molecule has 0 bridgehead atoms. The molecule has 316 valence electrons. The first kappa shape index (κ1) is 47.5. The molecule has 0 heterocycles. The van der Waals surface area contributed by atoms with E-state index in [0.717, 1.165) is 80.2 Å². The van der Waals surface area contributed by atoms with Crippen LogP contribution in [0.5, 0.6) is 11.5 Å². The Morgan fingerprint density at radius 3 is 1.30 bits per heavy atom. The zero-order valence-electron chi connectivity index (χ0n) is 34.3. The van der Waals surface area contributed by atoms with Gasteiger partial charge in [0.1, 0.15) is 11.5 Å². The van der Waals surface area contributed by atoms with Gasteiger partial charge in [-0.05, 0) is 128 Å². The third kappa shape index (κ3) is 19.5. The number of hydrogen-bond acceptors (Lipinski definition) is 13. The van der Waals surface area contributed by atoms with Crippen LogP contribution in [0.4, 0.5) is 17.1 Å². The largest absolute Gasteiger partial charge is 0.494 e. The van der Waals surface area contributed by atoms with E-state index in [9.17, 15) is 19.2 Å². The van der Waals surface area contributed by atoms with Gasteiger partial charge in [0.25, 0.3) is 0 Å². The van der Waals surface area contributed by atoms with E-state index < -0.39 is 11.9 Å². The van der Waals surface area contributed by atoms with Crippen molar-refractivity contribution in [2.45, 2.75) is 51.4 Å². The highest BCUT2D eigenvalue weighted by Crippen LogP contribution is 2.22. The maximum absolute atomic E-state index is 11.5. The van der Waals surface area contributed by atoms with Gasteiger partial charge in [0.05, 0.1) is 68.8 Å². The van der Waals surface area contributed by atoms with Crippen molar-refractivity contribution in [2.24, 2.45) is 15.2 Å². The molecule has 4 aromatic rings. The van der Waals surface area contributed by atoms with Crippen LogP contribution >= 0.6 is 0 Å². The molecule has 0 atom stereocenters. The van der Waals surface area contributed by atoms with Gasteiger partial charge in [-0.25, -0.2) is 19.2 Å². The van der Waals surface area contributed by atoms with Gasteiger partial charge < -0.3 is 28.4 Å². The molecule has 0 aliphatic rings. The Morgan fingerprint density at radius 1 is 0.483 bits per heavy atom. The molecular weight excluding hydrogens is 767 g/mol. The zero-order chi connectivity index (χ0) is 43.2. The van der Waals surface area contributed by atoms with Crippen LogP contribution in [0.3, 0.4) is 0 Å². The van der Waals surface area contributed by atoms with Gasteiger partial charge in [-0.15, -0.1) is 0 Å². The summed E-state index contributed by atoms with van der Waals surface area (Å²) in [6.07, 6.45) is 12.0. The van der Waals surface area contributed by atoms with E-state index in [2.05, 4.69) is 37.9 Å². The molecule has 4 aromatic carbocycles. The summed E-state index contributed by atoms with van der Waals surface area (Å²) in [5.74, 6) is 0.0501. The molecule has 0 aliphatic heterocycles. The molecule has 0 radical (unpaired) electrons. The van der Waals surface area contributed by atoms with Crippen molar-refractivity contribution in [2.75, 3.05) is 40.6 Å². The highest BCUT2D eigenvalue weighted by molar-refractivity contribution is 5.90. The SMILES string of the molecule is C=CC(=O)OCCCCCCCCOc1ccc(C=Nc2ccc(C(=O)OC)cc2)cc1.C=CC(=O)OCCCCOc1ccc(N=Nc2ccc(C(=O)OC)cc2)cc1. The predicted octanol–water partition coefficient (Wildman–Crippen LogP) is 10.4. The average molecular weight is 820 g/mol. The van der Waals surface area contributed by atoms with Gasteiger partial charge in [0, 0.05) is 18.4 Å². The van der Waals surface area contributed by atoms with Gasteiger partial charge in [-0.2, -0.15) is 10.2 Å². The standard InChI is InChI=1S/C26H31NO5.C21H22N2O5/c1-3-25(28)32-19-9-7-5-4-6-8-18-31-24-16-10-21(11-17-24)20-27-23-14-12-22(13-15-23)26(29)30-2;1-3-20(24)28-15-5-4-14-27-19-12-10-18(11-13-19)23-22-17-8-6-16(7-9-17)21(25)26-2/h3,10-17,20H,1,4-9,18-19H2,2H3;3,6-13H,1,4-5,14-15H2,2H3. The van der Waals surface area contributed by atoms with Crippen LogP contribution in [-0.4, -0.2) is 70.7 Å². The van der Waals surface area contributed by atoms with Crippen LogP contribution in [0.25, 0.3) is 0 Å². The fourth-order valence-corrected chi connectivity index (χ4v) is 5.07. The number of methoxy groups -OCH3 is 2. The molecule has 0 saturated heterocycles. The molecule has 0 unspecified atom stereocenters. The van der Waals surface area contributed by atoms with E-state index in [1.807, 2.05) is 36.4 Å². The highest BCUT2D eigenvalue weighted by atomic mass is 16.5. The third-order valence-electron chi connectivity index (χ3n) is 8.37. The lowest BCUT2D eigenvalue weighted by Gasteiger charge is -2.06. The van der Waals surface area contributed by atoms with Crippen LogP contribution in [0, 0.1) is 0 Å². The Kier molecular flexibility index (Phi) is 22.6. The molecule has 0 spiro atoms. The van der Waals surface area contributed by atoms with Crippen LogP contribution in [0.1, 0.15) is 77.6 Å². The summed E-state index contributed by atoms with van der Waals surface area (Å²) in [5.41, 5.74) is 4.00. The number of rotatable bonds is 24. The first-order valence-corrected chi connectivity index (χ1v) is 19.6. The second-order valence-electron chi connectivity index (χ2n) is 12.9. The molecular formula is C47H53N3O10. The highest BCUT2D eigenvalue weighted by Gasteiger charge is 2.05. The predicted molar refractivity (Wildman–Crippen MR) is 230 cm³/mol. The van der Waals surface area contributed by atoms with E-state index in [1.165, 1.54) is 20.3 Å². The number of benzene rings is 4. The monoisotopic (exact) mass is 819 g/mol. The molecule has 0 fully saturated rings. The lowest BCUT2D eigenvalue weighted by Crippen LogP contribution is -2.04. The average Bonchev–Trinajstić information content (AvgIpc) is 3.29. The number of azo groups is 1. The van der Waals surface area contributed by atoms with E-state index in [1.54, 1.807) is 66.9 Å². The fourth-order valence-electron chi connectivity index (χ4n) is 5.07. The van der Waals surface area contributed by atoms with Gasteiger partial charge in [-0.3, -0.25) is 4.99 Å². The number of ether oxygens (including phenoxy) is 6. The van der Waals surface area contributed by atoms with Gasteiger partial charge in [0.15, 0.2) is 0 Å². The van der Waals surface area contributed by atoms with Crippen molar-refractivity contribution in [3.63, 3.8) is 0 Å². The lowest BCUT2D eigenvalue weighted by molar-refractivity contribution is -0.138. The molecule has 0 N–H and O–H groups in total. The van der Waals surface area contributed by atoms with E-state index >= 15 is 0 Å². The fraction of sp³-hybridized carbons (Fsp3) is 0.298. The van der Waals surface area contributed by atoms with Crippen molar-refractivity contribution in [3.05, 3.63) is 139 Å². The first-order valence-electron chi connectivity index (χ1n) is 19.6. The third-order valence-corrected chi connectivity index (χ3v) is 8.37. The molecule has 4 rings (SSSR count). The number of hydrogen-bond donors (Lipinski definition) is 0. The topological polar surface area (TPSA) is 161 Å². The quantitative estimate of drug-likeness (QED) is 0.0166. The first-order chi connectivity index (χ1) is 29.2. The van der Waals surface area contributed by atoms with E-state index in [-0.39, 0.29) is 11.9 Å². The minimum absolute atomic E-state index is 0.353. The van der Waals surface area contributed by atoms with Crippen molar-refractivity contribution in [1.29, 1.82) is 0 Å². The summed E-state index contributed by atoms with van der Waals surface area (Å²) in [6.45, 7) is 8.75. The number of nitrogens with zero attached hydrogens (tertiary/aromatic N) is 3. The molecule has 0 saturated carbocycles. The molecule has 60 heavy (non-hydrogen) atoms. The maximum Gasteiger partial charge on any atom is 0.337 e. The number of carbonyl (C=O) groups is 4. The van der Waals surface area contributed by atoms with Gasteiger partial charge in [0.2, 0.25) is 0 Å². The normalized spacial score (nSPS) is 10.6. The number of esters is 4. The summed E-state index contributed by atoms with van der Waals surface area (Å²) in [7, 11) is 2.70. The van der Waals surface area contributed by atoms with Crippen molar-refractivity contribution < 1.29 is 47.6 Å². The van der Waals surface area contributed by atoms with Crippen LogP contribution in [0.2, 0.25) is 0 Å². The summed E-state index contributed by atoms with van der Waals surface area (Å²) in [5, 5.41) is 8.29. The Bertz CT molecular complexity index is 1980. The Labute approximate surface area is 351 Å². The minimum Gasteiger partial charge on any atom is -0.494 e. The van der Waals surface area contributed by atoms with E-state index in [4.69, 9.17) is 18.9 Å². The zero-order valence-corrected chi connectivity index (χ0v) is 34.3. The van der Waals surface area contributed by atoms with Crippen molar-refractivity contribution >= 4 is 47.2 Å². The molecule has 0 amide bonds.